The van der Waals surface area contributed by atoms with Crippen molar-refractivity contribution in [3.8, 4) is 45.8 Å². The SMILES string of the molecule is CCN(CC)CCOC(=O)c1ccc(N=Nc2c(O)c(N=Nc3ccc(C(=O)OCCN(CC)CC)cc3)c3oc(-c4cc(O)c(O)c(O)c4)c(O)c(=O)c3c2O)cc1. The number of phenolic OH excluding ortho intramolecular Hbond substituents is 5. The number of esters is 2. The van der Waals surface area contributed by atoms with E-state index in [0.29, 0.717) is 13.1 Å². The number of aromatic hydroxyl groups is 6. The predicted molar refractivity (Wildman–Crippen MR) is 215 cm³/mol. The van der Waals surface area contributed by atoms with E-state index in [2.05, 4.69) is 30.3 Å². The van der Waals surface area contributed by atoms with Crippen LogP contribution >= 0.6 is 0 Å². The molecule has 0 aliphatic carbocycles. The molecule has 5 rings (SSSR count). The van der Waals surface area contributed by atoms with E-state index >= 15 is 0 Å². The Morgan fingerprint density at radius 3 is 1.47 bits per heavy atom. The average Bonchev–Trinajstić information content (AvgIpc) is 3.24. The van der Waals surface area contributed by atoms with Gasteiger partial charge in [0.05, 0.1) is 22.5 Å². The van der Waals surface area contributed by atoms with Gasteiger partial charge in [-0.3, -0.25) is 4.79 Å². The fourth-order valence-electron chi connectivity index (χ4n) is 5.80. The molecule has 5 aromatic rings. The van der Waals surface area contributed by atoms with Crippen molar-refractivity contribution < 1.29 is 54.1 Å². The second-order valence-electron chi connectivity index (χ2n) is 12.9. The molecule has 1 heterocycles. The molecular formula is C41H44N6O12. The van der Waals surface area contributed by atoms with Gasteiger partial charge in [-0.25, -0.2) is 9.59 Å². The highest BCUT2D eigenvalue weighted by atomic mass is 16.5. The van der Waals surface area contributed by atoms with Gasteiger partial charge in [-0.2, -0.15) is 10.2 Å². The zero-order chi connectivity index (χ0) is 42.8. The van der Waals surface area contributed by atoms with Crippen molar-refractivity contribution in [1.29, 1.82) is 0 Å². The van der Waals surface area contributed by atoms with E-state index in [1.807, 2.05) is 27.7 Å². The summed E-state index contributed by atoms with van der Waals surface area (Å²) in [5.74, 6) is -7.20. The summed E-state index contributed by atoms with van der Waals surface area (Å²) in [6, 6.07) is 13.3. The monoisotopic (exact) mass is 812 g/mol. The molecule has 18 heteroatoms. The summed E-state index contributed by atoms with van der Waals surface area (Å²) >= 11 is 0. The molecule has 0 saturated heterocycles. The van der Waals surface area contributed by atoms with E-state index in [9.17, 15) is 45.0 Å². The minimum atomic E-state index is -1.24. The molecule has 0 spiro atoms. The summed E-state index contributed by atoms with van der Waals surface area (Å²) in [5, 5.41) is 79.3. The third kappa shape index (κ3) is 9.92. The topological polar surface area (TPSA) is 260 Å². The van der Waals surface area contributed by atoms with E-state index in [0.717, 1.165) is 38.3 Å². The molecule has 18 nitrogen and oxygen atoms in total. The molecule has 0 aliphatic heterocycles. The lowest BCUT2D eigenvalue weighted by atomic mass is 10.1. The van der Waals surface area contributed by atoms with Crippen LogP contribution in [0.1, 0.15) is 48.4 Å². The normalized spacial score (nSPS) is 11.7. The molecular weight excluding hydrogens is 768 g/mol. The Morgan fingerprint density at radius 2 is 1.03 bits per heavy atom. The molecule has 310 valence electrons. The predicted octanol–water partition coefficient (Wildman–Crippen LogP) is 7.52. The first-order valence-corrected chi connectivity index (χ1v) is 18.7. The van der Waals surface area contributed by atoms with Gasteiger partial charge in [-0.1, -0.05) is 27.7 Å². The molecule has 1 aromatic heterocycles. The van der Waals surface area contributed by atoms with E-state index in [1.165, 1.54) is 48.5 Å². The van der Waals surface area contributed by atoms with Crippen LogP contribution in [0.5, 0.6) is 34.5 Å². The highest BCUT2D eigenvalue weighted by Crippen LogP contribution is 2.52. The van der Waals surface area contributed by atoms with Crippen molar-refractivity contribution in [2.75, 3.05) is 52.5 Å². The number of carbonyl (C=O) groups excluding carboxylic acids is 2. The van der Waals surface area contributed by atoms with Crippen LogP contribution in [0.25, 0.3) is 22.3 Å². The Morgan fingerprint density at radius 1 is 0.593 bits per heavy atom. The number of phenols is 5. The zero-order valence-electron chi connectivity index (χ0n) is 32.7. The van der Waals surface area contributed by atoms with Crippen molar-refractivity contribution in [3.05, 3.63) is 82.0 Å². The number of nitrogens with zero attached hydrogens (tertiary/aromatic N) is 6. The number of rotatable bonds is 17. The third-order valence-electron chi connectivity index (χ3n) is 9.35. The van der Waals surface area contributed by atoms with Crippen LogP contribution in [0.15, 0.2) is 90.3 Å². The largest absolute Gasteiger partial charge is 0.505 e. The summed E-state index contributed by atoms with van der Waals surface area (Å²) in [6.45, 7) is 12.8. The number of ether oxygens (including phenoxy) is 2. The summed E-state index contributed by atoms with van der Waals surface area (Å²) in [6.07, 6.45) is 0. The number of fused-ring (bicyclic) bond motifs is 1. The van der Waals surface area contributed by atoms with Crippen LogP contribution in [-0.2, 0) is 9.47 Å². The molecule has 59 heavy (non-hydrogen) atoms. The van der Waals surface area contributed by atoms with Crippen molar-refractivity contribution >= 4 is 45.7 Å². The molecule has 0 unspecified atom stereocenters. The Labute approximate surface area is 337 Å². The number of carbonyl (C=O) groups is 2. The van der Waals surface area contributed by atoms with Gasteiger partial charge in [0.25, 0.3) is 0 Å². The Kier molecular flexibility index (Phi) is 14.2. The van der Waals surface area contributed by atoms with E-state index < -0.39 is 80.0 Å². The Bertz CT molecular complexity index is 2400. The Hall–Kier alpha value is -7.05. The van der Waals surface area contributed by atoms with Crippen LogP contribution in [0.3, 0.4) is 0 Å². The number of hydrogen-bond acceptors (Lipinski definition) is 18. The second kappa shape index (κ2) is 19.4. The maximum absolute atomic E-state index is 13.7. The number of hydrogen-bond donors (Lipinski definition) is 6. The maximum atomic E-state index is 13.7. The first-order valence-electron chi connectivity index (χ1n) is 18.7. The van der Waals surface area contributed by atoms with Gasteiger partial charge in [0.1, 0.15) is 18.6 Å². The number of benzene rings is 4. The van der Waals surface area contributed by atoms with Gasteiger partial charge < -0.3 is 54.3 Å². The maximum Gasteiger partial charge on any atom is 0.338 e. The number of likely N-dealkylation sites (N-methyl/N-ethyl adjacent to an activating group) is 2. The van der Waals surface area contributed by atoms with Gasteiger partial charge in [-0.05, 0) is 86.8 Å². The first kappa shape index (κ1) is 43.1. The summed E-state index contributed by atoms with van der Waals surface area (Å²) in [7, 11) is 0. The summed E-state index contributed by atoms with van der Waals surface area (Å²) < 4.78 is 16.5. The standard InChI is InChI=1S/C41H44N6O12/c1-5-46(6-2)17-19-57-40(55)23-9-13-26(14-10-23)42-44-31-34(51)30-35(52)37(54)38(25-21-28(48)33(50)29(49)22-25)59-39(30)32(36(31)53)45-43-27-15-11-24(12-16-27)41(56)58-20-18-47(7-3)8-4/h9-16,21-22,48-51,53-54H,5-8,17-20H2,1-4H3. The quantitative estimate of drug-likeness (QED) is 0.0301. The van der Waals surface area contributed by atoms with Gasteiger partial charge in [0.2, 0.25) is 11.2 Å². The van der Waals surface area contributed by atoms with Gasteiger partial charge in [-0.15, -0.1) is 10.2 Å². The lowest BCUT2D eigenvalue weighted by Gasteiger charge is -2.17. The van der Waals surface area contributed by atoms with Crippen molar-refractivity contribution in [2.45, 2.75) is 27.7 Å². The van der Waals surface area contributed by atoms with Crippen molar-refractivity contribution in [1.82, 2.24) is 9.80 Å². The minimum Gasteiger partial charge on any atom is -0.505 e. The lowest BCUT2D eigenvalue weighted by molar-refractivity contribution is 0.0457. The van der Waals surface area contributed by atoms with E-state index in [1.54, 1.807) is 0 Å². The molecule has 6 N–H and O–H groups in total. The van der Waals surface area contributed by atoms with Crippen molar-refractivity contribution in [3.63, 3.8) is 0 Å². The highest BCUT2D eigenvalue weighted by Gasteiger charge is 2.28. The second-order valence-corrected chi connectivity index (χ2v) is 12.9. The third-order valence-corrected chi connectivity index (χ3v) is 9.35. The zero-order valence-corrected chi connectivity index (χ0v) is 32.7. The lowest BCUT2D eigenvalue weighted by Crippen LogP contribution is -2.27. The molecule has 0 amide bonds. The van der Waals surface area contributed by atoms with Crippen LogP contribution in [-0.4, -0.2) is 105 Å². The first-order chi connectivity index (χ1) is 28.3. The van der Waals surface area contributed by atoms with E-state index in [4.69, 9.17) is 13.9 Å². The minimum absolute atomic E-state index is 0.162. The molecule has 0 fully saturated rings. The highest BCUT2D eigenvalue weighted by molar-refractivity contribution is 6.02. The van der Waals surface area contributed by atoms with Crippen molar-refractivity contribution in [2.24, 2.45) is 20.5 Å². The molecule has 0 saturated carbocycles. The van der Waals surface area contributed by atoms with Crippen LogP contribution in [0.2, 0.25) is 0 Å². The molecule has 0 aliphatic rings. The van der Waals surface area contributed by atoms with E-state index in [-0.39, 0.29) is 41.3 Å². The Balaban J connectivity index is 1.52. The molecule has 0 radical (unpaired) electrons. The van der Waals surface area contributed by atoms with Gasteiger partial charge in [0.15, 0.2) is 51.5 Å². The van der Waals surface area contributed by atoms with Gasteiger partial charge in [0, 0.05) is 18.7 Å². The van der Waals surface area contributed by atoms with Gasteiger partial charge >= 0.3 is 11.9 Å². The fourth-order valence-corrected chi connectivity index (χ4v) is 5.80. The smallest absolute Gasteiger partial charge is 0.338 e. The molecule has 4 aromatic carbocycles. The molecule has 0 atom stereocenters. The van der Waals surface area contributed by atoms with Crippen LogP contribution < -0.4 is 5.43 Å². The average molecular weight is 813 g/mol. The molecule has 0 bridgehead atoms. The summed E-state index contributed by atoms with van der Waals surface area (Å²) in [4.78, 5) is 43.0. The van der Waals surface area contributed by atoms with Crippen LogP contribution in [0.4, 0.5) is 22.7 Å². The summed E-state index contributed by atoms with van der Waals surface area (Å²) in [5.41, 5.74) is -2.58. The van der Waals surface area contributed by atoms with Crippen LogP contribution in [0, 0.1) is 0 Å². The number of azo groups is 2. The fraction of sp³-hybridized carbons (Fsp3) is 0.293.